The van der Waals surface area contributed by atoms with Crippen molar-refractivity contribution >= 4 is 17.8 Å². The number of hydrogen-bond acceptors (Lipinski definition) is 4. The molecule has 4 rings (SSSR count). The molecule has 5 unspecified atom stereocenters. The molecule has 1 saturated carbocycles. The standard InChI is InChI=1S/C24H32N4O3/c1-3-25-24(27-14-19(29)16-7-4-6-15(2)12-16)26-10-5-11-28-22(30)20-17-8-9-18(13-17)21(20)23(28)31/h4,6-9,12,17-21,29H,3,5,10-11,13-14H2,1-2H3,(H2,25,26,27). The zero-order valence-corrected chi connectivity index (χ0v) is 18.3. The van der Waals surface area contributed by atoms with Crippen LogP contribution in [0.4, 0.5) is 0 Å². The molecule has 3 N–H and O–H groups in total. The fraction of sp³-hybridized carbons (Fsp3) is 0.542. The lowest BCUT2D eigenvalue weighted by Crippen LogP contribution is -2.40. The number of guanidine groups is 1. The van der Waals surface area contributed by atoms with Gasteiger partial charge in [-0.25, -0.2) is 0 Å². The number of allylic oxidation sites excluding steroid dienone is 2. The molecule has 2 fully saturated rings. The van der Waals surface area contributed by atoms with E-state index in [1.807, 2.05) is 38.1 Å². The van der Waals surface area contributed by atoms with Crippen LogP contribution < -0.4 is 10.6 Å². The summed E-state index contributed by atoms with van der Waals surface area (Å²) in [4.78, 5) is 31.4. The molecule has 2 amide bonds. The summed E-state index contributed by atoms with van der Waals surface area (Å²) in [5.74, 6) is 0.883. The molecule has 5 atom stereocenters. The summed E-state index contributed by atoms with van der Waals surface area (Å²) in [5.41, 5.74) is 1.95. The summed E-state index contributed by atoms with van der Waals surface area (Å²) in [6, 6.07) is 7.78. The van der Waals surface area contributed by atoms with E-state index < -0.39 is 6.10 Å². The van der Waals surface area contributed by atoms with Crippen molar-refractivity contribution in [1.29, 1.82) is 0 Å². The van der Waals surface area contributed by atoms with Crippen LogP contribution in [0.3, 0.4) is 0 Å². The molecule has 1 aliphatic heterocycles. The zero-order chi connectivity index (χ0) is 22.0. The molecule has 1 heterocycles. The van der Waals surface area contributed by atoms with Gasteiger partial charge in [0, 0.05) is 19.6 Å². The van der Waals surface area contributed by atoms with Crippen LogP contribution in [-0.4, -0.2) is 54.0 Å². The van der Waals surface area contributed by atoms with E-state index in [0.29, 0.717) is 32.0 Å². The number of aliphatic imine (C=N–C) groups is 1. The first-order valence-electron chi connectivity index (χ1n) is 11.3. The highest BCUT2D eigenvalue weighted by Gasteiger charge is 2.58. The van der Waals surface area contributed by atoms with Gasteiger partial charge in [0.2, 0.25) is 11.8 Å². The summed E-state index contributed by atoms with van der Waals surface area (Å²) >= 11 is 0. The maximum atomic E-state index is 12.7. The number of imide groups is 1. The summed E-state index contributed by atoms with van der Waals surface area (Å²) < 4.78 is 0. The first kappa shape index (κ1) is 21.6. The Kier molecular flexibility index (Phi) is 6.41. The number of nitrogens with zero attached hydrogens (tertiary/aromatic N) is 2. The van der Waals surface area contributed by atoms with E-state index in [1.165, 1.54) is 4.90 Å². The van der Waals surface area contributed by atoms with Crippen LogP contribution in [-0.2, 0) is 9.59 Å². The van der Waals surface area contributed by atoms with Crippen LogP contribution in [0, 0.1) is 30.6 Å². The first-order chi connectivity index (χ1) is 15.0. The van der Waals surface area contributed by atoms with Gasteiger partial charge < -0.3 is 15.7 Å². The largest absolute Gasteiger partial charge is 0.386 e. The lowest BCUT2D eigenvalue weighted by Gasteiger charge is -2.18. The Labute approximate surface area is 183 Å². The zero-order valence-electron chi connectivity index (χ0n) is 18.3. The van der Waals surface area contributed by atoms with E-state index in [1.54, 1.807) is 0 Å². The molecule has 166 valence electrons. The minimum Gasteiger partial charge on any atom is -0.386 e. The average molecular weight is 425 g/mol. The van der Waals surface area contributed by atoms with Gasteiger partial charge in [-0.2, -0.15) is 0 Å². The third-order valence-corrected chi connectivity index (χ3v) is 6.61. The van der Waals surface area contributed by atoms with E-state index in [0.717, 1.165) is 17.5 Å². The van der Waals surface area contributed by atoms with Crippen molar-refractivity contribution < 1.29 is 14.7 Å². The quantitative estimate of drug-likeness (QED) is 0.194. The fourth-order valence-electron chi connectivity index (χ4n) is 5.13. The predicted molar refractivity (Wildman–Crippen MR) is 119 cm³/mol. The average Bonchev–Trinajstić information content (AvgIpc) is 3.44. The molecule has 7 heteroatoms. The maximum absolute atomic E-state index is 12.7. The van der Waals surface area contributed by atoms with Gasteiger partial charge in [-0.1, -0.05) is 42.0 Å². The molecule has 3 aliphatic rings. The molecule has 1 aromatic rings. The summed E-state index contributed by atoms with van der Waals surface area (Å²) in [6.07, 6.45) is 5.18. The number of carbonyl (C=O) groups is 2. The number of rotatable bonds is 8. The smallest absolute Gasteiger partial charge is 0.233 e. The molecule has 7 nitrogen and oxygen atoms in total. The molecule has 0 spiro atoms. The van der Waals surface area contributed by atoms with E-state index >= 15 is 0 Å². The van der Waals surface area contributed by atoms with Crippen LogP contribution in [0.1, 0.15) is 37.0 Å². The monoisotopic (exact) mass is 424 g/mol. The van der Waals surface area contributed by atoms with Gasteiger partial charge in [-0.05, 0) is 44.1 Å². The minimum absolute atomic E-state index is 0.00806. The molecule has 2 bridgehead atoms. The van der Waals surface area contributed by atoms with Crippen LogP contribution in [0.15, 0.2) is 41.4 Å². The Balaban J connectivity index is 1.26. The van der Waals surface area contributed by atoms with Crippen molar-refractivity contribution in [2.24, 2.45) is 28.7 Å². The number of fused-ring (bicyclic) bond motifs is 5. The Morgan fingerprint density at radius 1 is 1.19 bits per heavy atom. The Morgan fingerprint density at radius 2 is 1.90 bits per heavy atom. The van der Waals surface area contributed by atoms with Gasteiger partial charge in [0.05, 0.1) is 24.5 Å². The molecule has 0 radical (unpaired) electrons. The van der Waals surface area contributed by atoms with Gasteiger partial charge >= 0.3 is 0 Å². The fourth-order valence-corrected chi connectivity index (χ4v) is 5.13. The maximum Gasteiger partial charge on any atom is 0.233 e. The second-order valence-corrected chi connectivity index (χ2v) is 8.76. The highest BCUT2D eigenvalue weighted by molar-refractivity contribution is 6.06. The van der Waals surface area contributed by atoms with Crippen molar-refractivity contribution in [1.82, 2.24) is 15.5 Å². The van der Waals surface area contributed by atoms with Crippen LogP contribution >= 0.6 is 0 Å². The normalized spacial score (nSPS) is 27.7. The van der Waals surface area contributed by atoms with E-state index in [-0.39, 0.29) is 42.0 Å². The summed E-state index contributed by atoms with van der Waals surface area (Å²) in [5, 5.41) is 16.8. The van der Waals surface area contributed by atoms with Crippen molar-refractivity contribution in [2.75, 3.05) is 26.2 Å². The van der Waals surface area contributed by atoms with E-state index in [4.69, 9.17) is 0 Å². The van der Waals surface area contributed by atoms with Crippen molar-refractivity contribution in [3.05, 3.63) is 47.5 Å². The Bertz CT molecular complexity index is 867. The predicted octanol–water partition coefficient (Wildman–Crippen LogP) is 1.78. The Morgan fingerprint density at radius 3 is 2.55 bits per heavy atom. The van der Waals surface area contributed by atoms with Gasteiger partial charge in [0.1, 0.15) is 0 Å². The summed E-state index contributed by atoms with van der Waals surface area (Å²) in [6.45, 7) is 5.95. The molecule has 1 aromatic carbocycles. The second kappa shape index (κ2) is 9.22. The van der Waals surface area contributed by atoms with Crippen LogP contribution in [0.2, 0.25) is 0 Å². The highest BCUT2D eigenvalue weighted by Crippen LogP contribution is 2.52. The molecular formula is C24H32N4O3. The Hall–Kier alpha value is -2.67. The number of aliphatic hydroxyl groups is 1. The summed E-state index contributed by atoms with van der Waals surface area (Å²) in [7, 11) is 0. The van der Waals surface area contributed by atoms with Crippen LogP contribution in [0.25, 0.3) is 0 Å². The highest BCUT2D eigenvalue weighted by atomic mass is 16.3. The van der Waals surface area contributed by atoms with E-state index in [9.17, 15) is 14.7 Å². The number of amides is 2. The number of aryl methyl sites for hydroxylation is 1. The number of benzene rings is 1. The topological polar surface area (TPSA) is 94.0 Å². The van der Waals surface area contributed by atoms with Gasteiger partial charge in [0.25, 0.3) is 0 Å². The number of hydrogen-bond donors (Lipinski definition) is 3. The van der Waals surface area contributed by atoms with Crippen molar-refractivity contribution in [3.63, 3.8) is 0 Å². The lowest BCUT2D eigenvalue weighted by molar-refractivity contribution is -0.140. The van der Waals surface area contributed by atoms with Gasteiger partial charge in [-0.3, -0.25) is 19.5 Å². The number of aliphatic hydroxyl groups excluding tert-OH is 1. The lowest BCUT2D eigenvalue weighted by atomic mass is 9.85. The number of carbonyl (C=O) groups excluding carboxylic acids is 2. The molecule has 31 heavy (non-hydrogen) atoms. The van der Waals surface area contributed by atoms with E-state index in [2.05, 4.69) is 27.8 Å². The molecule has 2 aliphatic carbocycles. The number of likely N-dealkylation sites (tertiary alicyclic amines) is 1. The number of nitrogens with one attached hydrogen (secondary N) is 2. The SMILES string of the molecule is CCNC(=NCC(O)c1cccc(C)c1)NCCCN1C(=O)C2C3C=CC(C3)C2C1=O. The second-order valence-electron chi connectivity index (χ2n) is 8.76. The first-order valence-corrected chi connectivity index (χ1v) is 11.3. The molecule has 1 saturated heterocycles. The van der Waals surface area contributed by atoms with Crippen molar-refractivity contribution in [3.8, 4) is 0 Å². The van der Waals surface area contributed by atoms with Crippen LogP contribution in [0.5, 0.6) is 0 Å². The third kappa shape index (κ3) is 4.37. The van der Waals surface area contributed by atoms with Gasteiger partial charge in [-0.15, -0.1) is 0 Å². The third-order valence-electron chi connectivity index (χ3n) is 6.61. The molecule has 0 aromatic heterocycles. The molecular weight excluding hydrogens is 392 g/mol. The minimum atomic E-state index is -0.668. The van der Waals surface area contributed by atoms with Gasteiger partial charge in [0.15, 0.2) is 5.96 Å². The van der Waals surface area contributed by atoms with Crippen molar-refractivity contribution in [2.45, 2.75) is 32.8 Å².